The zero-order valence-electron chi connectivity index (χ0n) is 9.85. The van der Waals surface area contributed by atoms with Gasteiger partial charge < -0.3 is 5.32 Å². The molecule has 4 heteroatoms. The predicted molar refractivity (Wildman–Crippen MR) is 64.2 cm³/mol. The van der Waals surface area contributed by atoms with E-state index >= 15 is 0 Å². The number of nitrogens with zero attached hydrogens (tertiary/aromatic N) is 3. The summed E-state index contributed by atoms with van der Waals surface area (Å²) < 4.78 is 2.02. The van der Waals surface area contributed by atoms with Crippen LogP contribution in [0.1, 0.15) is 32.4 Å². The van der Waals surface area contributed by atoms with Crippen molar-refractivity contribution in [3.05, 3.63) is 30.4 Å². The maximum Gasteiger partial charge on any atom is 0.233 e. The Bertz CT molecular complexity index is 445. The molecule has 16 heavy (non-hydrogen) atoms. The van der Waals surface area contributed by atoms with Crippen molar-refractivity contribution in [1.82, 2.24) is 19.7 Å². The van der Waals surface area contributed by atoms with Crippen LogP contribution in [0, 0.1) is 0 Å². The molecule has 0 aromatic carbocycles. The summed E-state index contributed by atoms with van der Waals surface area (Å²) in [5.41, 5.74) is 1.16. The maximum atomic E-state index is 4.26. The zero-order chi connectivity index (χ0) is 11.4. The van der Waals surface area contributed by atoms with Crippen molar-refractivity contribution in [3.63, 3.8) is 0 Å². The Balaban J connectivity index is 2.09. The van der Waals surface area contributed by atoms with Gasteiger partial charge in [-0.05, 0) is 18.9 Å². The minimum atomic E-state index is 0.585. The van der Waals surface area contributed by atoms with Gasteiger partial charge in [-0.2, -0.15) is 0 Å². The molecule has 0 fully saturated rings. The fourth-order valence-corrected chi connectivity index (χ4v) is 1.83. The molecule has 0 atom stereocenters. The van der Waals surface area contributed by atoms with Crippen LogP contribution in [-0.4, -0.2) is 20.4 Å². The number of aromatic nitrogens is 3. The van der Waals surface area contributed by atoms with E-state index in [1.807, 2.05) is 22.9 Å². The van der Waals surface area contributed by atoms with E-state index in [1.54, 1.807) is 6.20 Å². The fourth-order valence-electron chi connectivity index (χ4n) is 1.83. The van der Waals surface area contributed by atoms with Crippen molar-refractivity contribution in [2.24, 2.45) is 0 Å². The summed E-state index contributed by atoms with van der Waals surface area (Å²) in [7, 11) is 0. The molecule has 86 valence electrons. The lowest BCUT2D eigenvalue weighted by Crippen LogP contribution is -2.27. The van der Waals surface area contributed by atoms with Crippen molar-refractivity contribution < 1.29 is 0 Å². The van der Waals surface area contributed by atoms with E-state index < -0.39 is 0 Å². The highest BCUT2D eigenvalue weighted by atomic mass is 15.1. The molecule has 2 rings (SSSR count). The van der Waals surface area contributed by atoms with E-state index in [9.17, 15) is 0 Å². The largest absolute Gasteiger partial charge is 0.308 e. The van der Waals surface area contributed by atoms with E-state index in [-0.39, 0.29) is 0 Å². The highest BCUT2D eigenvalue weighted by Crippen LogP contribution is 2.04. The first-order chi connectivity index (χ1) is 7.85. The van der Waals surface area contributed by atoms with Gasteiger partial charge in [0, 0.05) is 25.0 Å². The Labute approximate surface area is 95.7 Å². The molecule has 2 aromatic rings. The average molecular weight is 218 g/mol. The standard InChI is InChI=1S/C12H18N4/c1-3-10(4-2)14-8-11-9-15-12-13-6-5-7-16(11)12/h5-7,9-10,14H,3-4,8H2,1-2H3. The molecule has 0 bridgehead atoms. The topological polar surface area (TPSA) is 42.2 Å². The van der Waals surface area contributed by atoms with Crippen molar-refractivity contribution in [2.45, 2.75) is 39.3 Å². The Morgan fingerprint density at radius 1 is 1.31 bits per heavy atom. The van der Waals surface area contributed by atoms with Gasteiger partial charge in [-0.1, -0.05) is 13.8 Å². The third-order valence-corrected chi connectivity index (χ3v) is 2.92. The van der Waals surface area contributed by atoms with Gasteiger partial charge in [0.1, 0.15) is 0 Å². The first-order valence-electron chi connectivity index (χ1n) is 5.85. The fraction of sp³-hybridized carbons (Fsp3) is 0.500. The predicted octanol–water partition coefficient (Wildman–Crippen LogP) is 2.01. The lowest BCUT2D eigenvalue weighted by atomic mass is 10.2. The van der Waals surface area contributed by atoms with Gasteiger partial charge >= 0.3 is 0 Å². The molecule has 0 saturated carbocycles. The summed E-state index contributed by atoms with van der Waals surface area (Å²) in [5.74, 6) is 0.767. The molecule has 0 aliphatic heterocycles. The summed E-state index contributed by atoms with van der Waals surface area (Å²) in [6, 6.07) is 2.51. The van der Waals surface area contributed by atoms with E-state index in [0.29, 0.717) is 6.04 Å². The van der Waals surface area contributed by atoms with Crippen LogP contribution < -0.4 is 5.32 Å². The monoisotopic (exact) mass is 218 g/mol. The molecular formula is C12H18N4. The van der Waals surface area contributed by atoms with Gasteiger partial charge in [-0.25, -0.2) is 9.97 Å². The van der Waals surface area contributed by atoms with Gasteiger partial charge in [0.15, 0.2) is 0 Å². The van der Waals surface area contributed by atoms with Gasteiger partial charge in [0.2, 0.25) is 5.78 Å². The molecule has 0 unspecified atom stereocenters. The Kier molecular flexibility index (Phi) is 3.51. The van der Waals surface area contributed by atoms with E-state index in [2.05, 4.69) is 29.1 Å². The van der Waals surface area contributed by atoms with Crippen molar-refractivity contribution in [3.8, 4) is 0 Å². The molecule has 2 heterocycles. The molecule has 0 aliphatic carbocycles. The molecule has 0 aliphatic rings. The summed E-state index contributed by atoms with van der Waals surface area (Å²) in [4.78, 5) is 8.45. The summed E-state index contributed by atoms with van der Waals surface area (Å²) in [5, 5.41) is 3.53. The molecule has 0 spiro atoms. The van der Waals surface area contributed by atoms with Crippen molar-refractivity contribution in [2.75, 3.05) is 0 Å². The second kappa shape index (κ2) is 5.07. The lowest BCUT2D eigenvalue weighted by Gasteiger charge is -2.13. The molecule has 0 amide bonds. The molecule has 2 aromatic heterocycles. The van der Waals surface area contributed by atoms with Crippen LogP contribution >= 0.6 is 0 Å². The lowest BCUT2D eigenvalue weighted by molar-refractivity contribution is 0.479. The molecular weight excluding hydrogens is 200 g/mol. The first-order valence-corrected chi connectivity index (χ1v) is 5.85. The maximum absolute atomic E-state index is 4.26. The van der Waals surface area contributed by atoms with E-state index in [0.717, 1.165) is 30.9 Å². The second-order valence-electron chi connectivity index (χ2n) is 3.93. The van der Waals surface area contributed by atoms with Gasteiger partial charge in [0.05, 0.1) is 11.9 Å². The van der Waals surface area contributed by atoms with Crippen molar-refractivity contribution in [1.29, 1.82) is 0 Å². The van der Waals surface area contributed by atoms with Crippen LogP contribution in [0.4, 0.5) is 0 Å². The number of rotatable bonds is 5. The van der Waals surface area contributed by atoms with E-state index in [1.165, 1.54) is 0 Å². The normalized spacial score (nSPS) is 11.4. The third kappa shape index (κ3) is 2.22. The second-order valence-corrected chi connectivity index (χ2v) is 3.93. The van der Waals surface area contributed by atoms with Crippen LogP contribution in [0.25, 0.3) is 5.78 Å². The van der Waals surface area contributed by atoms with Crippen LogP contribution in [-0.2, 0) is 6.54 Å². The minimum Gasteiger partial charge on any atom is -0.308 e. The number of hydrogen-bond donors (Lipinski definition) is 1. The Morgan fingerprint density at radius 2 is 2.12 bits per heavy atom. The smallest absolute Gasteiger partial charge is 0.233 e. The molecule has 4 nitrogen and oxygen atoms in total. The number of imidazole rings is 1. The highest BCUT2D eigenvalue weighted by molar-refractivity contribution is 5.30. The first kappa shape index (κ1) is 11.1. The quantitative estimate of drug-likeness (QED) is 0.834. The van der Waals surface area contributed by atoms with Gasteiger partial charge in [0.25, 0.3) is 0 Å². The minimum absolute atomic E-state index is 0.585. The average Bonchev–Trinajstić information content (AvgIpc) is 2.74. The molecule has 1 N–H and O–H groups in total. The SMILES string of the molecule is CCC(CC)NCc1cnc2ncccn12. The van der Waals surface area contributed by atoms with Crippen LogP contribution in [0.15, 0.2) is 24.7 Å². The van der Waals surface area contributed by atoms with Crippen molar-refractivity contribution >= 4 is 5.78 Å². The number of fused-ring (bicyclic) bond motifs is 1. The molecule has 0 radical (unpaired) electrons. The van der Waals surface area contributed by atoms with Gasteiger partial charge in [-0.15, -0.1) is 0 Å². The molecule has 0 saturated heterocycles. The third-order valence-electron chi connectivity index (χ3n) is 2.92. The Hall–Kier alpha value is -1.42. The van der Waals surface area contributed by atoms with Crippen LogP contribution in [0.2, 0.25) is 0 Å². The van der Waals surface area contributed by atoms with Crippen LogP contribution in [0.5, 0.6) is 0 Å². The number of hydrogen-bond acceptors (Lipinski definition) is 3. The zero-order valence-corrected chi connectivity index (χ0v) is 9.85. The van der Waals surface area contributed by atoms with E-state index in [4.69, 9.17) is 0 Å². The summed E-state index contributed by atoms with van der Waals surface area (Å²) in [6.07, 6.45) is 7.97. The summed E-state index contributed by atoms with van der Waals surface area (Å²) in [6.45, 7) is 5.26. The summed E-state index contributed by atoms with van der Waals surface area (Å²) >= 11 is 0. The number of nitrogens with one attached hydrogen (secondary N) is 1. The van der Waals surface area contributed by atoms with Crippen LogP contribution in [0.3, 0.4) is 0 Å². The van der Waals surface area contributed by atoms with Gasteiger partial charge in [-0.3, -0.25) is 4.40 Å². The Morgan fingerprint density at radius 3 is 2.88 bits per heavy atom. The highest BCUT2D eigenvalue weighted by Gasteiger charge is 2.06.